The number of ketones is 1. The van der Waals surface area contributed by atoms with Crippen molar-refractivity contribution in [3.8, 4) is 5.75 Å². The molecule has 0 unspecified atom stereocenters. The van der Waals surface area contributed by atoms with Gasteiger partial charge < -0.3 is 16.2 Å². The normalized spacial score (nSPS) is 18.1. The third-order valence-electron chi connectivity index (χ3n) is 2.18. The number of fused-ring (bicyclic) bond motifs is 1. The predicted molar refractivity (Wildman–Crippen MR) is 50.0 cm³/mol. The van der Waals surface area contributed by atoms with Crippen LogP contribution in [0.2, 0.25) is 0 Å². The SMILES string of the molecule is Nc1ccc(N)c2c1OCC(F)(F)C2=O. The number of ether oxygens (including phenoxy) is 1. The van der Waals surface area contributed by atoms with Gasteiger partial charge in [-0.05, 0) is 12.1 Å². The molecule has 4 nitrogen and oxygen atoms in total. The topological polar surface area (TPSA) is 78.3 Å². The molecular weight excluding hydrogens is 206 g/mol. The minimum Gasteiger partial charge on any atom is -0.484 e. The Hall–Kier alpha value is -1.85. The summed E-state index contributed by atoms with van der Waals surface area (Å²) in [6, 6.07) is 2.71. The molecule has 0 spiro atoms. The van der Waals surface area contributed by atoms with E-state index in [1.807, 2.05) is 0 Å². The number of anilines is 2. The molecular formula is C9H8F2N2O2. The zero-order valence-corrected chi connectivity index (χ0v) is 7.59. The van der Waals surface area contributed by atoms with Crippen LogP contribution in [0.5, 0.6) is 5.75 Å². The number of alkyl halides is 2. The van der Waals surface area contributed by atoms with Crippen LogP contribution in [-0.2, 0) is 0 Å². The standard InChI is InChI=1S/C9H8F2N2O2/c10-9(11)3-15-7-5(13)2-1-4(12)6(7)8(9)14/h1-2H,3,12-13H2. The van der Waals surface area contributed by atoms with Gasteiger partial charge in [-0.2, -0.15) is 8.78 Å². The van der Waals surface area contributed by atoms with Crippen molar-refractivity contribution in [2.24, 2.45) is 0 Å². The maximum Gasteiger partial charge on any atom is 0.343 e. The Balaban J connectivity index is 2.66. The molecule has 0 fully saturated rings. The highest BCUT2D eigenvalue weighted by molar-refractivity contribution is 6.09. The van der Waals surface area contributed by atoms with Crippen molar-refractivity contribution >= 4 is 17.2 Å². The van der Waals surface area contributed by atoms with E-state index in [4.69, 9.17) is 16.2 Å². The fourth-order valence-electron chi connectivity index (χ4n) is 1.41. The fourth-order valence-corrected chi connectivity index (χ4v) is 1.41. The summed E-state index contributed by atoms with van der Waals surface area (Å²) in [5, 5.41) is 0. The van der Waals surface area contributed by atoms with Gasteiger partial charge in [0.15, 0.2) is 12.4 Å². The van der Waals surface area contributed by atoms with Crippen LogP contribution in [0.4, 0.5) is 20.2 Å². The Bertz CT molecular complexity index is 446. The first kappa shape index (κ1) is 9.70. The Labute approximate surface area is 83.8 Å². The van der Waals surface area contributed by atoms with Gasteiger partial charge in [0, 0.05) is 5.69 Å². The number of nitrogen functional groups attached to an aromatic ring is 2. The van der Waals surface area contributed by atoms with Crippen LogP contribution in [0.3, 0.4) is 0 Å². The molecule has 6 heteroatoms. The van der Waals surface area contributed by atoms with Gasteiger partial charge in [0.1, 0.15) is 0 Å². The molecule has 0 saturated heterocycles. The molecule has 1 aliphatic heterocycles. The van der Waals surface area contributed by atoms with Gasteiger partial charge in [0.05, 0.1) is 11.3 Å². The zero-order chi connectivity index (χ0) is 11.2. The van der Waals surface area contributed by atoms with Gasteiger partial charge in [-0.1, -0.05) is 0 Å². The van der Waals surface area contributed by atoms with Crippen LogP contribution in [0.1, 0.15) is 10.4 Å². The monoisotopic (exact) mass is 214 g/mol. The fraction of sp³-hybridized carbons (Fsp3) is 0.222. The molecule has 1 aromatic rings. The Morgan fingerprint density at radius 2 is 1.87 bits per heavy atom. The van der Waals surface area contributed by atoms with Gasteiger partial charge in [0.25, 0.3) is 0 Å². The highest BCUT2D eigenvalue weighted by Crippen LogP contribution is 2.39. The number of halogens is 2. The molecule has 80 valence electrons. The van der Waals surface area contributed by atoms with Crippen molar-refractivity contribution in [1.82, 2.24) is 0 Å². The lowest BCUT2D eigenvalue weighted by Crippen LogP contribution is -2.40. The number of nitrogens with two attached hydrogens (primary N) is 2. The summed E-state index contributed by atoms with van der Waals surface area (Å²) in [4.78, 5) is 11.3. The second-order valence-corrected chi connectivity index (χ2v) is 3.27. The maximum absolute atomic E-state index is 13.0. The number of carbonyl (C=O) groups excluding carboxylic acids is 1. The quantitative estimate of drug-likeness (QED) is 0.633. The van der Waals surface area contributed by atoms with Crippen LogP contribution >= 0.6 is 0 Å². The lowest BCUT2D eigenvalue weighted by molar-refractivity contribution is -0.0261. The molecule has 0 aliphatic carbocycles. The number of hydrogen-bond donors (Lipinski definition) is 2. The van der Waals surface area contributed by atoms with Crippen molar-refractivity contribution < 1.29 is 18.3 Å². The Morgan fingerprint density at radius 3 is 2.53 bits per heavy atom. The summed E-state index contributed by atoms with van der Waals surface area (Å²) in [7, 11) is 0. The predicted octanol–water partition coefficient (Wildman–Crippen LogP) is 1.06. The first-order chi connectivity index (χ1) is 6.93. The van der Waals surface area contributed by atoms with Crippen LogP contribution < -0.4 is 16.2 Å². The van der Waals surface area contributed by atoms with Crippen molar-refractivity contribution in [2.45, 2.75) is 5.92 Å². The van der Waals surface area contributed by atoms with Gasteiger partial charge in [-0.25, -0.2) is 0 Å². The Kier molecular flexibility index (Phi) is 1.82. The molecule has 0 atom stereocenters. The number of Topliss-reactive ketones (excluding diaryl/α,β-unsaturated/α-hetero) is 1. The van der Waals surface area contributed by atoms with Gasteiger partial charge in [-0.3, -0.25) is 4.79 Å². The van der Waals surface area contributed by atoms with E-state index >= 15 is 0 Å². The summed E-state index contributed by atoms with van der Waals surface area (Å²) in [5.74, 6) is -4.92. The third kappa shape index (κ3) is 1.29. The number of benzene rings is 1. The summed E-state index contributed by atoms with van der Waals surface area (Å²) >= 11 is 0. The maximum atomic E-state index is 13.0. The van der Waals surface area contributed by atoms with E-state index in [9.17, 15) is 13.6 Å². The zero-order valence-electron chi connectivity index (χ0n) is 7.59. The van der Waals surface area contributed by atoms with E-state index in [0.29, 0.717) is 0 Å². The molecule has 1 heterocycles. The van der Waals surface area contributed by atoms with Gasteiger partial charge in [0.2, 0.25) is 5.78 Å². The lowest BCUT2D eigenvalue weighted by Gasteiger charge is -2.25. The molecule has 0 radical (unpaired) electrons. The summed E-state index contributed by atoms with van der Waals surface area (Å²) in [6.07, 6.45) is 0. The number of carbonyl (C=O) groups is 1. The van der Waals surface area contributed by atoms with E-state index in [0.717, 1.165) is 0 Å². The highest BCUT2D eigenvalue weighted by Gasteiger charge is 2.46. The first-order valence-corrected chi connectivity index (χ1v) is 4.17. The van der Waals surface area contributed by atoms with Crippen LogP contribution in [-0.4, -0.2) is 18.3 Å². The van der Waals surface area contributed by atoms with E-state index in [1.54, 1.807) is 0 Å². The molecule has 2 rings (SSSR count). The summed E-state index contributed by atoms with van der Waals surface area (Å²) < 4.78 is 30.8. The van der Waals surface area contributed by atoms with E-state index in [2.05, 4.69) is 0 Å². The van der Waals surface area contributed by atoms with Crippen LogP contribution in [0.25, 0.3) is 0 Å². The minimum atomic E-state index is -3.53. The molecule has 15 heavy (non-hydrogen) atoms. The van der Waals surface area contributed by atoms with Gasteiger partial charge >= 0.3 is 5.92 Å². The molecule has 1 aromatic carbocycles. The second kappa shape index (κ2) is 2.82. The third-order valence-corrected chi connectivity index (χ3v) is 2.18. The smallest absolute Gasteiger partial charge is 0.343 e. The highest BCUT2D eigenvalue weighted by atomic mass is 19.3. The summed E-state index contributed by atoms with van der Waals surface area (Å²) in [6.45, 7) is -0.994. The van der Waals surface area contributed by atoms with Gasteiger partial charge in [-0.15, -0.1) is 0 Å². The van der Waals surface area contributed by atoms with Crippen molar-refractivity contribution in [3.05, 3.63) is 17.7 Å². The minimum absolute atomic E-state index is 0.0501. The van der Waals surface area contributed by atoms with Crippen molar-refractivity contribution in [2.75, 3.05) is 18.1 Å². The lowest BCUT2D eigenvalue weighted by atomic mass is 9.99. The van der Waals surface area contributed by atoms with E-state index in [-0.39, 0.29) is 22.7 Å². The van der Waals surface area contributed by atoms with Crippen molar-refractivity contribution in [3.63, 3.8) is 0 Å². The number of rotatable bonds is 0. The molecule has 4 N–H and O–H groups in total. The Morgan fingerprint density at radius 1 is 1.27 bits per heavy atom. The number of hydrogen-bond acceptors (Lipinski definition) is 4. The summed E-state index contributed by atoms with van der Waals surface area (Å²) in [5.41, 5.74) is 10.7. The second-order valence-electron chi connectivity index (χ2n) is 3.27. The first-order valence-electron chi connectivity index (χ1n) is 4.17. The molecule has 1 aliphatic rings. The molecule has 0 bridgehead atoms. The van der Waals surface area contributed by atoms with Crippen LogP contribution in [0.15, 0.2) is 12.1 Å². The van der Waals surface area contributed by atoms with Crippen LogP contribution in [0, 0.1) is 0 Å². The average Bonchev–Trinajstić information content (AvgIpc) is 2.16. The largest absolute Gasteiger partial charge is 0.484 e. The molecule has 0 aromatic heterocycles. The van der Waals surface area contributed by atoms with Crippen molar-refractivity contribution in [1.29, 1.82) is 0 Å². The average molecular weight is 214 g/mol. The molecule has 0 saturated carbocycles. The van der Waals surface area contributed by atoms with E-state index < -0.39 is 18.3 Å². The molecule has 0 amide bonds. The van der Waals surface area contributed by atoms with E-state index in [1.165, 1.54) is 12.1 Å².